The van der Waals surface area contributed by atoms with Crippen molar-refractivity contribution in [1.82, 2.24) is 5.32 Å². The predicted octanol–water partition coefficient (Wildman–Crippen LogP) is 3.46. The first-order chi connectivity index (χ1) is 12.5. The molecule has 0 fully saturated rings. The number of nitrogens with one attached hydrogen (secondary N) is 2. The van der Waals surface area contributed by atoms with Gasteiger partial charge in [0, 0.05) is 14.8 Å². The summed E-state index contributed by atoms with van der Waals surface area (Å²) >= 11 is 2.19. The Balaban J connectivity index is 1.95. The maximum atomic E-state index is 12.3. The highest BCUT2D eigenvalue weighted by molar-refractivity contribution is 14.1. The van der Waals surface area contributed by atoms with Crippen LogP contribution in [0.5, 0.6) is 11.5 Å². The van der Waals surface area contributed by atoms with E-state index in [4.69, 9.17) is 9.47 Å². The molecule has 0 aliphatic heterocycles. The van der Waals surface area contributed by atoms with Gasteiger partial charge in [-0.1, -0.05) is 0 Å². The molecular weight excluding hydrogens is 447 g/mol. The fraction of sp³-hybridized carbons (Fsp3) is 0.263. The average molecular weight is 468 g/mol. The number of carbonyl (C=O) groups is 2. The average Bonchev–Trinajstić information content (AvgIpc) is 2.63. The Labute approximate surface area is 166 Å². The Morgan fingerprint density at radius 3 is 2.27 bits per heavy atom. The van der Waals surface area contributed by atoms with Crippen molar-refractivity contribution in [3.8, 4) is 11.5 Å². The largest absolute Gasteiger partial charge is 0.490 e. The molecule has 0 unspecified atom stereocenters. The Morgan fingerprint density at radius 1 is 0.962 bits per heavy atom. The number of rotatable bonds is 8. The molecule has 2 N–H and O–H groups in total. The van der Waals surface area contributed by atoms with Gasteiger partial charge in [0.05, 0.1) is 19.8 Å². The molecule has 2 amide bonds. The molecule has 0 aromatic heterocycles. The van der Waals surface area contributed by atoms with E-state index in [1.807, 2.05) is 38.1 Å². The molecule has 0 spiro atoms. The van der Waals surface area contributed by atoms with Crippen molar-refractivity contribution in [3.63, 3.8) is 0 Å². The lowest BCUT2D eigenvalue weighted by atomic mass is 10.2. The molecular formula is C19H21IN2O4. The second-order valence-electron chi connectivity index (χ2n) is 5.27. The van der Waals surface area contributed by atoms with Gasteiger partial charge >= 0.3 is 0 Å². The van der Waals surface area contributed by atoms with Crippen molar-refractivity contribution in [3.05, 3.63) is 51.6 Å². The van der Waals surface area contributed by atoms with E-state index < -0.39 is 0 Å². The van der Waals surface area contributed by atoms with Gasteiger partial charge in [-0.15, -0.1) is 0 Å². The van der Waals surface area contributed by atoms with E-state index in [2.05, 4.69) is 33.2 Å². The van der Waals surface area contributed by atoms with Crippen molar-refractivity contribution in [2.75, 3.05) is 25.1 Å². The van der Waals surface area contributed by atoms with Crippen molar-refractivity contribution < 1.29 is 19.1 Å². The number of hydrogen-bond donors (Lipinski definition) is 2. The zero-order valence-corrected chi connectivity index (χ0v) is 16.8. The smallest absolute Gasteiger partial charge is 0.251 e. The summed E-state index contributed by atoms with van der Waals surface area (Å²) in [6.07, 6.45) is 0. The van der Waals surface area contributed by atoms with Gasteiger partial charge in [-0.25, -0.2) is 0 Å². The summed E-state index contributed by atoms with van der Waals surface area (Å²) in [5.74, 6) is 0.440. The number of hydrogen-bond acceptors (Lipinski definition) is 4. The van der Waals surface area contributed by atoms with Crippen LogP contribution in [0.15, 0.2) is 42.5 Å². The van der Waals surface area contributed by atoms with Crippen LogP contribution in [0.4, 0.5) is 5.69 Å². The fourth-order valence-corrected chi connectivity index (χ4v) is 2.55. The van der Waals surface area contributed by atoms with Crippen LogP contribution in [0.1, 0.15) is 24.2 Å². The Bertz CT molecular complexity index is 763. The highest BCUT2D eigenvalue weighted by atomic mass is 127. The van der Waals surface area contributed by atoms with Gasteiger partial charge in [0.1, 0.15) is 0 Å². The molecule has 0 saturated heterocycles. The molecule has 2 rings (SSSR count). The summed E-state index contributed by atoms with van der Waals surface area (Å²) in [6.45, 7) is 4.58. The number of benzene rings is 2. The summed E-state index contributed by atoms with van der Waals surface area (Å²) in [6, 6.07) is 12.3. The molecule has 0 bridgehead atoms. The minimum Gasteiger partial charge on any atom is -0.490 e. The molecule has 0 heterocycles. The minimum absolute atomic E-state index is 0.123. The number of anilines is 1. The summed E-state index contributed by atoms with van der Waals surface area (Å²) < 4.78 is 12.1. The lowest BCUT2D eigenvalue weighted by molar-refractivity contribution is -0.115. The lowest BCUT2D eigenvalue weighted by Gasteiger charge is -2.12. The predicted molar refractivity (Wildman–Crippen MR) is 109 cm³/mol. The fourth-order valence-electron chi connectivity index (χ4n) is 2.19. The van der Waals surface area contributed by atoms with Crippen molar-refractivity contribution in [2.24, 2.45) is 0 Å². The van der Waals surface area contributed by atoms with Crippen LogP contribution in [0, 0.1) is 3.57 Å². The Hall–Kier alpha value is -2.29. The first-order valence-electron chi connectivity index (χ1n) is 8.26. The van der Waals surface area contributed by atoms with E-state index in [1.165, 1.54) is 0 Å². The van der Waals surface area contributed by atoms with Gasteiger partial charge in [-0.2, -0.15) is 0 Å². The van der Waals surface area contributed by atoms with Crippen LogP contribution >= 0.6 is 22.6 Å². The van der Waals surface area contributed by atoms with E-state index in [9.17, 15) is 9.59 Å². The molecule has 26 heavy (non-hydrogen) atoms. The number of ether oxygens (including phenoxy) is 2. The highest BCUT2D eigenvalue weighted by Gasteiger charge is 2.12. The van der Waals surface area contributed by atoms with Crippen molar-refractivity contribution >= 4 is 40.1 Å². The molecule has 138 valence electrons. The maximum Gasteiger partial charge on any atom is 0.251 e. The number of carbonyl (C=O) groups excluding carboxylic acids is 2. The summed E-state index contributed by atoms with van der Waals surface area (Å²) in [7, 11) is 0. The lowest BCUT2D eigenvalue weighted by Crippen LogP contribution is -2.32. The summed E-state index contributed by atoms with van der Waals surface area (Å²) in [5, 5.41) is 5.33. The standard InChI is InChI=1S/C19H21IN2O4/c1-3-25-16-10-5-13(11-17(16)26-4-2)19(24)21-12-18(23)22-15-8-6-14(20)7-9-15/h5-11H,3-4,12H2,1-2H3,(H,21,24)(H,22,23). The van der Waals surface area contributed by atoms with E-state index in [-0.39, 0.29) is 18.4 Å². The number of halogens is 1. The van der Waals surface area contributed by atoms with E-state index in [0.29, 0.717) is 36.0 Å². The van der Waals surface area contributed by atoms with Crippen LogP contribution < -0.4 is 20.1 Å². The second-order valence-corrected chi connectivity index (χ2v) is 6.51. The van der Waals surface area contributed by atoms with Crippen molar-refractivity contribution in [1.29, 1.82) is 0 Å². The maximum absolute atomic E-state index is 12.3. The zero-order chi connectivity index (χ0) is 18.9. The minimum atomic E-state index is -0.355. The molecule has 0 aliphatic rings. The van der Waals surface area contributed by atoms with Crippen LogP contribution in [0.2, 0.25) is 0 Å². The number of amides is 2. The first-order valence-corrected chi connectivity index (χ1v) is 9.34. The van der Waals surface area contributed by atoms with E-state index >= 15 is 0 Å². The van der Waals surface area contributed by atoms with Gasteiger partial charge in [0.2, 0.25) is 5.91 Å². The highest BCUT2D eigenvalue weighted by Crippen LogP contribution is 2.28. The van der Waals surface area contributed by atoms with Crippen LogP contribution in [-0.2, 0) is 4.79 Å². The normalized spacial score (nSPS) is 10.1. The Kier molecular flexibility index (Phi) is 7.71. The second kappa shape index (κ2) is 10.0. The topological polar surface area (TPSA) is 76.7 Å². The van der Waals surface area contributed by atoms with Gasteiger partial charge in [-0.05, 0) is 78.9 Å². The molecule has 0 atom stereocenters. The Morgan fingerprint density at radius 2 is 1.62 bits per heavy atom. The van der Waals surface area contributed by atoms with Gasteiger partial charge in [-0.3, -0.25) is 9.59 Å². The molecule has 0 saturated carbocycles. The van der Waals surface area contributed by atoms with Gasteiger partial charge in [0.25, 0.3) is 5.91 Å². The van der Waals surface area contributed by atoms with Crippen LogP contribution in [0.3, 0.4) is 0 Å². The quantitative estimate of drug-likeness (QED) is 0.582. The SMILES string of the molecule is CCOc1ccc(C(=O)NCC(=O)Nc2ccc(I)cc2)cc1OCC. The monoisotopic (exact) mass is 468 g/mol. The van der Waals surface area contributed by atoms with Gasteiger partial charge in [0.15, 0.2) is 11.5 Å². The first kappa shape index (κ1) is 20.0. The third-order valence-corrected chi connectivity index (χ3v) is 4.06. The van der Waals surface area contributed by atoms with E-state index in [0.717, 1.165) is 3.57 Å². The molecule has 7 heteroatoms. The van der Waals surface area contributed by atoms with Gasteiger partial charge < -0.3 is 20.1 Å². The van der Waals surface area contributed by atoms with Crippen LogP contribution in [0.25, 0.3) is 0 Å². The summed E-state index contributed by atoms with van der Waals surface area (Å²) in [4.78, 5) is 24.3. The molecule has 0 aliphatic carbocycles. The molecule has 6 nitrogen and oxygen atoms in total. The van der Waals surface area contributed by atoms with Crippen molar-refractivity contribution in [2.45, 2.75) is 13.8 Å². The zero-order valence-electron chi connectivity index (χ0n) is 14.7. The third-order valence-electron chi connectivity index (χ3n) is 3.34. The summed E-state index contributed by atoms with van der Waals surface area (Å²) in [5.41, 5.74) is 1.09. The van der Waals surface area contributed by atoms with E-state index in [1.54, 1.807) is 18.2 Å². The molecule has 2 aromatic carbocycles. The molecule has 2 aromatic rings. The molecule has 0 radical (unpaired) electrons. The third kappa shape index (κ3) is 5.91. The van der Waals surface area contributed by atoms with Crippen LogP contribution in [-0.4, -0.2) is 31.6 Å².